The summed E-state index contributed by atoms with van der Waals surface area (Å²) in [5.74, 6) is 0.920. The number of hydrogen-bond acceptors (Lipinski definition) is 2. The lowest BCUT2D eigenvalue weighted by Crippen LogP contribution is -2.39. The Kier molecular flexibility index (Phi) is 2.89. The Morgan fingerprint density at radius 1 is 1.38 bits per heavy atom. The maximum absolute atomic E-state index is 3.61. The Morgan fingerprint density at radius 2 is 2.15 bits per heavy atom. The molecule has 13 heavy (non-hydrogen) atoms. The highest BCUT2D eigenvalue weighted by Crippen LogP contribution is 2.20. The summed E-state index contributed by atoms with van der Waals surface area (Å²) < 4.78 is 0. The molecular formula is C11H22N2. The van der Waals surface area contributed by atoms with Gasteiger partial charge in [0.05, 0.1) is 0 Å². The van der Waals surface area contributed by atoms with Gasteiger partial charge in [0, 0.05) is 25.2 Å². The molecule has 0 bridgehead atoms. The van der Waals surface area contributed by atoms with E-state index in [1.165, 1.54) is 38.9 Å². The number of nitrogens with zero attached hydrogens (tertiary/aromatic N) is 1. The molecule has 1 heterocycles. The van der Waals surface area contributed by atoms with Crippen LogP contribution in [-0.4, -0.2) is 36.6 Å². The Balaban J connectivity index is 1.66. The molecule has 2 unspecified atom stereocenters. The van der Waals surface area contributed by atoms with Gasteiger partial charge in [0.2, 0.25) is 0 Å². The molecule has 0 spiro atoms. The van der Waals surface area contributed by atoms with E-state index in [0.29, 0.717) is 0 Å². The number of likely N-dealkylation sites (tertiary alicyclic amines) is 1. The quantitative estimate of drug-likeness (QED) is 0.708. The number of nitrogens with one attached hydrogen (secondary N) is 1. The van der Waals surface area contributed by atoms with Gasteiger partial charge in [0.1, 0.15) is 0 Å². The molecule has 2 atom stereocenters. The third-order valence-electron chi connectivity index (χ3n) is 3.36. The van der Waals surface area contributed by atoms with Crippen LogP contribution in [0, 0.1) is 5.92 Å². The zero-order valence-corrected chi connectivity index (χ0v) is 8.92. The van der Waals surface area contributed by atoms with Crippen molar-refractivity contribution >= 4 is 0 Å². The molecule has 1 saturated carbocycles. The Hall–Kier alpha value is -0.0800. The van der Waals surface area contributed by atoms with Crippen molar-refractivity contribution in [2.24, 2.45) is 5.92 Å². The van der Waals surface area contributed by atoms with E-state index < -0.39 is 0 Å². The molecule has 76 valence electrons. The van der Waals surface area contributed by atoms with Gasteiger partial charge >= 0.3 is 0 Å². The molecule has 0 radical (unpaired) electrons. The second kappa shape index (κ2) is 3.97. The summed E-state index contributed by atoms with van der Waals surface area (Å²) in [6.07, 6.45) is 4.21. The van der Waals surface area contributed by atoms with Gasteiger partial charge in [-0.15, -0.1) is 0 Å². The molecule has 2 rings (SSSR count). The maximum Gasteiger partial charge on any atom is 0.0192 e. The molecule has 0 amide bonds. The van der Waals surface area contributed by atoms with E-state index in [0.717, 1.165) is 18.0 Å². The van der Waals surface area contributed by atoms with E-state index in [4.69, 9.17) is 0 Å². The minimum atomic E-state index is 0.741. The van der Waals surface area contributed by atoms with Crippen LogP contribution < -0.4 is 5.32 Å². The smallest absolute Gasteiger partial charge is 0.0192 e. The zero-order valence-electron chi connectivity index (χ0n) is 8.92. The fourth-order valence-corrected chi connectivity index (χ4v) is 2.12. The summed E-state index contributed by atoms with van der Waals surface area (Å²) in [5, 5.41) is 3.61. The Morgan fingerprint density at radius 3 is 2.69 bits per heavy atom. The first kappa shape index (κ1) is 9.47. The molecule has 1 aliphatic heterocycles. The molecule has 2 nitrogen and oxygen atoms in total. The molecule has 1 saturated heterocycles. The Labute approximate surface area is 81.7 Å². The summed E-state index contributed by atoms with van der Waals surface area (Å²) in [4.78, 5) is 2.63. The lowest BCUT2D eigenvalue weighted by Gasteiger charge is -2.24. The monoisotopic (exact) mass is 182 g/mol. The van der Waals surface area contributed by atoms with Crippen molar-refractivity contribution in [3.8, 4) is 0 Å². The molecule has 0 aromatic rings. The Bertz CT molecular complexity index is 165. The van der Waals surface area contributed by atoms with Crippen LogP contribution in [0.2, 0.25) is 0 Å². The first-order chi connectivity index (χ1) is 6.25. The molecular weight excluding hydrogens is 160 g/mol. The van der Waals surface area contributed by atoms with Gasteiger partial charge < -0.3 is 5.32 Å². The van der Waals surface area contributed by atoms with E-state index >= 15 is 0 Å². The third-order valence-corrected chi connectivity index (χ3v) is 3.36. The van der Waals surface area contributed by atoms with Gasteiger partial charge in [-0.05, 0) is 38.6 Å². The van der Waals surface area contributed by atoms with Crippen LogP contribution in [-0.2, 0) is 0 Å². The maximum atomic E-state index is 3.61. The van der Waals surface area contributed by atoms with Crippen LogP contribution in [0.5, 0.6) is 0 Å². The fourth-order valence-electron chi connectivity index (χ4n) is 2.12. The summed E-state index contributed by atoms with van der Waals surface area (Å²) >= 11 is 0. The van der Waals surface area contributed by atoms with Crippen molar-refractivity contribution in [2.75, 3.05) is 19.6 Å². The number of hydrogen-bond donors (Lipinski definition) is 1. The first-order valence-corrected chi connectivity index (χ1v) is 5.73. The van der Waals surface area contributed by atoms with E-state index in [9.17, 15) is 0 Å². The van der Waals surface area contributed by atoms with Crippen LogP contribution >= 0.6 is 0 Å². The third kappa shape index (κ3) is 2.68. The molecule has 2 heteroatoms. The zero-order chi connectivity index (χ0) is 9.26. The van der Waals surface area contributed by atoms with Gasteiger partial charge in [-0.2, -0.15) is 0 Å². The SMILES string of the molecule is CC1CCN(C(C)CNC2CC2)C1. The second-order valence-electron chi connectivity index (χ2n) is 4.92. The van der Waals surface area contributed by atoms with Crippen LogP contribution in [0.25, 0.3) is 0 Å². The second-order valence-corrected chi connectivity index (χ2v) is 4.92. The summed E-state index contributed by atoms with van der Waals surface area (Å²) in [7, 11) is 0. The van der Waals surface area contributed by atoms with Gasteiger partial charge in [-0.25, -0.2) is 0 Å². The lowest BCUT2D eigenvalue weighted by molar-refractivity contribution is 0.244. The van der Waals surface area contributed by atoms with Crippen molar-refractivity contribution in [1.82, 2.24) is 10.2 Å². The summed E-state index contributed by atoms with van der Waals surface area (Å²) in [6, 6.07) is 1.60. The first-order valence-electron chi connectivity index (χ1n) is 5.73. The van der Waals surface area contributed by atoms with E-state index in [-0.39, 0.29) is 0 Å². The highest BCUT2D eigenvalue weighted by molar-refractivity contribution is 4.84. The van der Waals surface area contributed by atoms with Gasteiger partial charge in [0.15, 0.2) is 0 Å². The average molecular weight is 182 g/mol. The van der Waals surface area contributed by atoms with Crippen molar-refractivity contribution < 1.29 is 0 Å². The highest BCUT2D eigenvalue weighted by Gasteiger charge is 2.25. The van der Waals surface area contributed by atoms with E-state index in [1.54, 1.807) is 0 Å². The average Bonchev–Trinajstić information content (AvgIpc) is 2.84. The lowest BCUT2D eigenvalue weighted by atomic mass is 10.2. The van der Waals surface area contributed by atoms with Crippen molar-refractivity contribution in [1.29, 1.82) is 0 Å². The fraction of sp³-hybridized carbons (Fsp3) is 1.00. The summed E-state index contributed by atoms with van der Waals surface area (Å²) in [6.45, 7) is 8.54. The molecule has 2 fully saturated rings. The molecule has 2 aliphatic rings. The minimum absolute atomic E-state index is 0.741. The molecule has 1 aliphatic carbocycles. The van der Waals surface area contributed by atoms with Gasteiger partial charge in [-0.3, -0.25) is 4.90 Å². The van der Waals surface area contributed by atoms with E-state index in [1.807, 2.05) is 0 Å². The summed E-state index contributed by atoms with van der Waals surface area (Å²) in [5.41, 5.74) is 0. The van der Waals surface area contributed by atoms with Crippen molar-refractivity contribution in [3.63, 3.8) is 0 Å². The predicted molar refractivity (Wildman–Crippen MR) is 55.8 cm³/mol. The molecule has 0 aromatic carbocycles. The largest absolute Gasteiger partial charge is 0.312 e. The van der Waals surface area contributed by atoms with Crippen molar-refractivity contribution in [3.05, 3.63) is 0 Å². The molecule has 0 aromatic heterocycles. The van der Waals surface area contributed by atoms with Crippen LogP contribution in [0.1, 0.15) is 33.1 Å². The van der Waals surface area contributed by atoms with Crippen LogP contribution in [0.4, 0.5) is 0 Å². The number of rotatable bonds is 4. The van der Waals surface area contributed by atoms with Crippen LogP contribution in [0.3, 0.4) is 0 Å². The topological polar surface area (TPSA) is 15.3 Å². The predicted octanol–water partition coefficient (Wildman–Crippen LogP) is 1.47. The van der Waals surface area contributed by atoms with Crippen LogP contribution in [0.15, 0.2) is 0 Å². The van der Waals surface area contributed by atoms with E-state index in [2.05, 4.69) is 24.1 Å². The van der Waals surface area contributed by atoms with Gasteiger partial charge in [-0.1, -0.05) is 6.92 Å². The van der Waals surface area contributed by atoms with Gasteiger partial charge in [0.25, 0.3) is 0 Å². The van der Waals surface area contributed by atoms with Crippen molar-refractivity contribution in [2.45, 2.75) is 45.2 Å². The highest BCUT2D eigenvalue weighted by atomic mass is 15.2. The standard InChI is InChI=1S/C11H22N2/c1-9-5-6-13(8-9)10(2)7-12-11-3-4-11/h9-12H,3-8H2,1-2H3. The normalized spacial score (nSPS) is 32.3. The minimum Gasteiger partial charge on any atom is -0.312 e. The molecule has 1 N–H and O–H groups in total.